The van der Waals surface area contributed by atoms with E-state index in [4.69, 9.17) is 9.47 Å². The third kappa shape index (κ3) is 2.22. The summed E-state index contributed by atoms with van der Waals surface area (Å²) >= 11 is 0. The van der Waals surface area contributed by atoms with Crippen molar-refractivity contribution < 1.29 is 9.47 Å². The minimum atomic E-state index is 0.433. The third-order valence-corrected chi connectivity index (χ3v) is 3.94. The molecule has 1 aromatic rings. The van der Waals surface area contributed by atoms with Crippen molar-refractivity contribution in [3.63, 3.8) is 0 Å². The zero-order valence-electron chi connectivity index (χ0n) is 11.0. The third-order valence-electron chi connectivity index (χ3n) is 3.94. The number of ether oxygens (including phenoxy) is 2. The Balaban J connectivity index is 1.65. The molecule has 4 nitrogen and oxygen atoms in total. The van der Waals surface area contributed by atoms with Crippen molar-refractivity contribution in [2.24, 2.45) is 5.92 Å². The summed E-state index contributed by atoms with van der Waals surface area (Å²) in [7, 11) is 1.68. The largest absolute Gasteiger partial charge is 0.481 e. The molecule has 98 valence electrons. The van der Waals surface area contributed by atoms with Gasteiger partial charge in [0.25, 0.3) is 0 Å². The number of rotatable bonds is 3. The van der Waals surface area contributed by atoms with E-state index in [2.05, 4.69) is 22.9 Å². The second kappa shape index (κ2) is 4.86. The highest BCUT2D eigenvalue weighted by Crippen LogP contribution is 2.33. The van der Waals surface area contributed by atoms with Crippen molar-refractivity contribution in [1.29, 1.82) is 0 Å². The average molecular weight is 248 g/mol. The van der Waals surface area contributed by atoms with Gasteiger partial charge in [0, 0.05) is 37.3 Å². The van der Waals surface area contributed by atoms with Crippen LogP contribution in [0.15, 0.2) is 18.3 Å². The Morgan fingerprint density at radius 2 is 2.39 bits per heavy atom. The van der Waals surface area contributed by atoms with E-state index in [9.17, 15) is 0 Å². The molecule has 0 saturated carbocycles. The van der Waals surface area contributed by atoms with Gasteiger partial charge in [-0.15, -0.1) is 0 Å². The zero-order chi connectivity index (χ0) is 12.5. The van der Waals surface area contributed by atoms with Crippen LogP contribution in [0.2, 0.25) is 0 Å². The number of hydrogen-bond donors (Lipinski definition) is 0. The summed E-state index contributed by atoms with van der Waals surface area (Å²) in [5.74, 6) is 1.45. The van der Waals surface area contributed by atoms with E-state index < -0.39 is 0 Å². The number of methoxy groups -OCH3 is 1. The van der Waals surface area contributed by atoms with Crippen LogP contribution in [0.1, 0.15) is 18.9 Å². The maximum absolute atomic E-state index is 5.92. The first-order valence-corrected chi connectivity index (χ1v) is 6.62. The van der Waals surface area contributed by atoms with Crippen LogP contribution < -0.4 is 4.74 Å². The molecular formula is C14H20N2O2. The first-order chi connectivity index (χ1) is 8.76. The predicted octanol–water partition coefficient (Wildman–Crippen LogP) is 1.70. The molecule has 3 atom stereocenters. The average Bonchev–Trinajstić information content (AvgIpc) is 2.86. The van der Waals surface area contributed by atoms with Crippen LogP contribution >= 0.6 is 0 Å². The predicted molar refractivity (Wildman–Crippen MR) is 68.5 cm³/mol. The Morgan fingerprint density at radius 1 is 1.50 bits per heavy atom. The highest BCUT2D eigenvalue weighted by molar-refractivity contribution is 5.25. The molecule has 1 aromatic heterocycles. The molecule has 2 fully saturated rings. The van der Waals surface area contributed by atoms with E-state index in [1.54, 1.807) is 13.3 Å². The second-order valence-electron chi connectivity index (χ2n) is 5.35. The SMILES string of the molecule is COc1ncccc1CN1C[C@@H]2C[C@@H](C)O[C@@H]2C1. The van der Waals surface area contributed by atoms with Gasteiger partial charge in [0.15, 0.2) is 0 Å². The van der Waals surface area contributed by atoms with Gasteiger partial charge in [-0.1, -0.05) is 6.07 Å². The molecule has 0 bridgehead atoms. The normalized spacial score (nSPS) is 31.6. The lowest BCUT2D eigenvalue weighted by molar-refractivity contribution is 0.0477. The number of nitrogens with zero attached hydrogens (tertiary/aromatic N) is 2. The van der Waals surface area contributed by atoms with Crippen LogP contribution in [0.25, 0.3) is 0 Å². The van der Waals surface area contributed by atoms with Gasteiger partial charge < -0.3 is 9.47 Å². The first kappa shape index (κ1) is 11.9. The highest BCUT2D eigenvalue weighted by atomic mass is 16.5. The van der Waals surface area contributed by atoms with Gasteiger partial charge in [-0.05, 0) is 19.4 Å². The van der Waals surface area contributed by atoms with Gasteiger partial charge in [-0.3, -0.25) is 4.90 Å². The Morgan fingerprint density at radius 3 is 3.17 bits per heavy atom. The molecule has 0 aromatic carbocycles. The Hall–Kier alpha value is -1.13. The summed E-state index contributed by atoms with van der Waals surface area (Å²) < 4.78 is 11.2. The van der Waals surface area contributed by atoms with Gasteiger partial charge in [0.2, 0.25) is 5.88 Å². The minimum absolute atomic E-state index is 0.433. The topological polar surface area (TPSA) is 34.6 Å². The van der Waals surface area contributed by atoms with Gasteiger partial charge >= 0.3 is 0 Å². The molecule has 3 heterocycles. The van der Waals surface area contributed by atoms with Crippen molar-refractivity contribution in [1.82, 2.24) is 9.88 Å². The maximum atomic E-state index is 5.92. The van der Waals surface area contributed by atoms with Crippen LogP contribution in [0, 0.1) is 5.92 Å². The van der Waals surface area contributed by atoms with E-state index >= 15 is 0 Å². The summed E-state index contributed by atoms with van der Waals surface area (Å²) in [6.07, 6.45) is 3.84. The lowest BCUT2D eigenvalue weighted by Crippen LogP contribution is -2.24. The van der Waals surface area contributed by atoms with Crippen LogP contribution in [0.4, 0.5) is 0 Å². The molecule has 3 rings (SSSR count). The number of likely N-dealkylation sites (tertiary alicyclic amines) is 1. The van der Waals surface area contributed by atoms with Crippen LogP contribution in [-0.4, -0.2) is 42.3 Å². The molecule has 0 aliphatic carbocycles. The van der Waals surface area contributed by atoms with Crippen LogP contribution in [-0.2, 0) is 11.3 Å². The monoisotopic (exact) mass is 248 g/mol. The summed E-state index contributed by atoms with van der Waals surface area (Å²) in [6, 6.07) is 4.05. The standard InChI is InChI=1S/C14H20N2O2/c1-10-6-12-8-16(9-13(12)18-10)7-11-4-3-5-15-14(11)17-2/h3-5,10,12-13H,6-9H2,1-2H3/t10-,12+,13-/m1/s1. The smallest absolute Gasteiger partial charge is 0.217 e. The van der Waals surface area contributed by atoms with Crippen molar-refractivity contribution in [3.05, 3.63) is 23.9 Å². The quantitative estimate of drug-likeness (QED) is 0.815. The van der Waals surface area contributed by atoms with Crippen LogP contribution in [0.3, 0.4) is 0 Å². The van der Waals surface area contributed by atoms with E-state index in [1.165, 1.54) is 6.42 Å². The summed E-state index contributed by atoms with van der Waals surface area (Å²) in [6.45, 7) is 5.24. The molecule has 0 spiro atoms. The molecule has 2 aliphatic heterocycles. The van der Waals surface area contributed by atoms with Gasteiger partial charge in [-0.2, -0.15) is 0 Å². The van der Waals surface area contributed by atoms with E-state index in [1.807, 2.05) is 6.07 Å². The molecule has 2 aliphatic rings. The van der Waals surface area contributed by atoms with Gasteiger partial charge in [0.1, 0.15) is 0 Å². The van der Waals surface area contributed by atoms with E-state index in [0.717, 1.165) is 31.1 Å². The molecule has 0 unspecified atom stereocenters. The van der Waals surface area contributed by atoms with E-state index in [-0.39, 0.29) is 0 Å². The fraction of sp³-hybridized carbons (Fsp3) is 0.643. The minimum Gasteiger partial charge on any atom is -0.481 e. The number of pyridine rings is 1. The maximum Gasteiger partial charge on any atom is 0.217 e. The number of hydrogen-bond acceptors (Lipinski definition) is 4. The highest BCUT2D eigenvalue weighted by Gasteiger charge is 2.40. The fourth-order valence-electron chi connectivity index (χ4n) is 3.19. The number of fused-ring (bicyclic) bond motifs is 1. The van der Waals surface area contributed by atoms with Crippen molar-refractivity contribution >= 4 is 0 Å². The molecule has 0 amide bonds. The van der Waals surface area contributed by atoms with Crippen LogP contribution in [0.5, 0.6) is 5.88 Å². The molecule has 18 heavy (non-hydrogen) atoms. The lowest BCUT2D eigenvalue weighted by Gasteiger charge is -2.18. The Kier molecular flexibility index (Phi) is 3.22. The van der Waals surface area contributed by atoms with Gasteiger partial charge in [0.05, 0.1) is 19.3 Å². The molecule has 0 radical (unpaired) electrons. The fourth-order valence-corrected chi connectivity index (χ4v) is 3.19. The van der Waals surface area contributed by atoms with Crippen molar-refractivity contribution in [2.45, 2.75) is 32.1 Å². The Labute approximate surface area is 108 Å². The first-order valence-electron chi connectivity index (χ1n) is 6.62. The molecular weight excluding hydrogens is 228 g/mol. The second-order valence-corrected chi connectivity index (χ2v) is 5.35. The summed E-state index contributed by atoms with van der Waals surface area (Å²) in [5, 5.41) is 0. The zero-order valence-corrected chi connectivity index (χ0v) is 11.0. The van der Waals surface area contributed by atoms with Gasteiger partial charge in [-0.25, -0.2) is 4.98 Å². The Bertz CT molecular complexity index is 410. The van der Waals surface area contributed by atoms with Crippen molar-refractivity contribution in [2.75, 3.05) is 20.2 Å². The summed E-state index contributed by atoms with van der Waals surface area (Å²) in [5.41, 5.74) is 1.16. The lowest BCUT2D eigenvalue weighted by atomic mass is 10.0. The molecule has 0 N–H and O–H groups in total. The number of aromatic nitrogens is 1. The summed E-state index contributed by atoms with van der Waals surface area (Å²) in [4.78, 5) is 6.69. The molecule has 4 heteroatoms. The van der Waals surface area contributed by atoms with E-state index in [0.29, 0.717) is 18.1 Å². The molecule has 2 saturated heterocycles. The van der Waals surface area contributed by atoms with Crippen molar-refractivity contribution in [3.8, 4) is 5.88 Å².